The molecule has 1 aromatic rings. The molecule has 0 aliphatic carbocycles. The van der Waals surface area contributed by atoms with Gasteiger partial charge >= 0.3 is 5.97 Å². The molecule has 0 aromatic heterocycles. The number of likely N-dealkylation sites (tertiary alicyclic amines) is 1. The highest BCUT2D eigenvalue weighted by Gasteiger charge is 2.35. The van der Waals surface area contributed by atoms with Crippen molar-refractivity contribution in [1.82, 2.24) is 4.90 Å². The van der Waals surface area contributed by atoms with Gasteiger partial charge in [-0.05, 0) is 53.5 Å². The third-order valence-electron chi connectivity index (χ3n) is 3.57. The number of carboxylic acid groups (broad SMARTS) is 1. The van der Waals surface area contributed by atoms with Crippen LogP contribution in [-0.2, 0) is 11.3 Å². The lowest BCUT2D eigenvalue weighted by Gasteiger charge is -2.23. The summed E-state index contributed by atoms with van der Waals surface area (Å²) < 4.78 is 13.6. The zero-order valence-corrected chi connectivity index (χ0v) is 11.7. The third kappa shape index (κ3) is 2.72. The third-order valence-corrected chi connectivity index (χ3v) is 4.18. The average molecular weight is 316 g/mol. The Kier molecular flexibility index (Phi) is 4.02. The maximum atomic E-state index is 13.1. The highest BCUT2D eigenvalue weighted by atomic mass is 79.9. The van der Waals surface area contributed by atoms with Crippen molar-refractivity contribution < 1.29 is 14.3 Å². The summed E-state index contributed by atoms with van der Waals surface area (Å²) in [5.41, 5.74) is 0.987. The summed E-state index contributed by atoms with van der Waals surface area (Å²) >= 11 is 3.16. The lowest BCUT2D eigenvalue weighted by atomic mass is 10.0. The first-order valence-corrected chi connectivity index (χ1v) is 6.69. The lowest BCUT2D eigenvalue weighted by molar-refractivity contribution is -0.142. The molecule has 2 unspecified atom stereocenters. The Hall–Kier alpha value is -0.940. The molecule has 2 rings (SSSR count). The molecule has 0 radical (unpaired) electrons. The van der Waals surface area contributed by atoms with E-state index in [4.69, 9.17) is 5.11 Å². The van der Waals surface area contributed by atoms with E-state index in [1.165, 1.54) is 6.07 Å². The minimum absolute atomic E-state index is 0.0197. The van der Waals surface area contributed by atoms with Crippen LogP contribution in [0.3, 0.4) is 0 Å². The molecule has 18 heavy (non-hydrogen) atoms. The quantitative estimate of drug-likeness (QED) is 0.932. The predicted octanol–water partition coefficient (Wildman–Crippen LogP) is 2.88. The van der Waals surface area contributed by atoms with Gasteiger partial charge in [-0.1, -0.05) is 6.07 Å². The number of rotatable bonds is 3. The molecule has 0 saturated carbocycles. The van der Waals surface area contributed by atoms with E-state index < -0.39 is 5.97 Å². The van der Waals surface area contributed by atoms with E-state index in [0.717, 1.165) is 12.1 Å². The highest BCUT2D eigenvalue weighted by Crippen LogP contribution is 2.27. The smallest absolute Gasteiger partial charge is 0.308 e. The molecule has 1 saturated heterocycles. The fourth-order valence-electron chi connectivity index (χ4n) is 2.43. The van der Waals surface area contributed by atoms with Crippen molar-refractivity contribution >= 4 is 21.9 Å². The van der Waals surface area contributed by atoms with Crippen molar-refractivity contribution in [2.75, 3.05) is 6.54 Å². The van der Waals surface area contributed by atoms with Crippen LogP contribution in [0.5, 0.6) is 0 Å². The van der Waals surface area contributed by atoms with Gasteiger partial charge in [0, 0.05) is 12.6 Å². The van der Waals surface area contributed by atoms with Gasteiger partial charge in [0.05, 0.1) is 10.4 Å². The number of carboxylic acids is 1. The molecule has 2 atom stereocenters. The minimum Gasteiger partial charge on any atom is -0.481 e. The maximum Gasteiger partial charge on any atom is 0.308 e. The van der Waals surface area contributed by atoms with Crippen molar-refractivity contribution in [2.45, 2.75) is 25.9 Å². The Morgan fingerprint density at radius 3 is 2.89 bits per heavy atom. The predicted molar refractivity (Wildman–Crippen MR) is 69.7 cm³/mol. The summed E-state index contributed by atoms with van der Waals surface area (Å²) in [6, 6.07) is 4.93. The van der Waals surface area contributed by atoms with Gasteiger partial charge in [-0.15, -0.1) is 0 Å². The van der Waals surface area contributed by atoms with E-state index in [0.29, 0.717) is 17.4 Å². The number of aliphatic carboxylic acids is 1. The standard InChI is InChI=1S/C13H15BrFNO2/c1-8-10(13(17)18)4-5-16(8)7-9-2-3-12(15)11(14)6-9/h2-3,6,8,10H,4-5,7H2,1H3,(H,17,18). The van der Waals surface area contributed by atoms with Crippen LogP contribution in [0.1, 0.15) is 18.9 Å². The molecule has 0 spiro atoms. The molecule has 98 valence electrons. The van der Waals surface area contributed by atoms with Gasteiger partial charge < -0.3 is 5.11 Å². The average Bonchev–Trinajstić information content (AvgIpc) is 2.66. The topological polar surface area (TPSA) is 40.5 Å². The van der Waals surface area contributed by atoms with E-state index in [2.05, 4.69) is 20.8 Å². The molecule has 1 heterocycles. The van der Waals surface area contributed by atoms with E-state index in [1.807, 2.05) is 6.92 Å². The fraction of sp³-hybridized carbons (Fsp3) is 0.462. The van der Waals surface area contributed by atoms with Crippen LogP contribution in [0.25, 0.3) is 0 Å². The fourth-order valence-corrected chi connectivity index (χ4v) is 2.86. The molecular formula is C13H15BrFNO2. The number of carbonyl (C=O) groups is 1. The van der Waals surface area contributed by atoms with Gasteiger partial charge in [0.25, 0.3) is 0 Å². The molecule has 0 amide bonds. The van der Waals surface area contributed by atoms with Gasteiger partial charge in [-0.2, -0.15) is 0 Å². The Morgan fingerprint density at radius 2 is 2.33 bits per heavy atom. The summed E-state index contributed by atoms with van der Waals surface area (Å²) in [4.78, 5) is 13.1. The van der Waals surface area contributed by atoms with Crippen molar-refractivity contribution in [3.8, 4) is 0 Å². The van der Waals surface area contributed by atoms with Crippen molar-refractivity contribution in [2.24, 2.45) is 5.92 Å². The van der Waals surface area contributed by atoms with Crippen LogP contribution < -0.4 is 0 Å². The molecule has 1 aliphatic heterocycles. The molecule has 0 bridgehead atoms. The second-order valence-corrected chi connectivity index (χ2v) is 5.55. The second-order valence-electron chi connectivity index (χ2n) is 4.69. The van der Waals surface area contributed by atoms with Crippen molar-refractivity contribution in [1.29, 1.82) is 0 Å². The molecule has 1 aromatic carbocycles. The SMILES string of the molecule is CC1C(C(=O)O)CCN1Cc1ccc(F)c(Br)c1. The first kappa shape index (κ1) is 13.5. The van der Waals surface area contributed by atoms with E-state index in [1.54, 1.807) is 12.1 Å². The van der Waals surface area contributed by atoms with E-state index >= 15 is 0 Å². The first-order chi connectivity index (χ1) is 8.49. The molecule has 3 nitrogen and oxygen atoms in total. The number of nitrogens with zero attached hydrogens (tertiary/aromatic N) is 1. The van der Waals surface area contributed by atoms with Gasteiger partial charge in [0.1, 0.15) is 5.82 Å². The molecule has 1 N–H and O–H groups in total. The normalized spacial score (nSPS) is 24.4. The number of hydrogen-bond donors (Lipinski definition) is 1. The van der Waals surface area contributed by atoms with Crippen LogP contribution in [0.15, 0.2) is 22.7 Å². The Labute approximate surface area is 114 Å². The van der Waals surface area contributed by atoms with Crippen LogP contribution in [-0.4, -0.2) is 28.6 Å². The summed E-state index contributed by atoms with van der Waals surface area (Å²) in [6.45, 7) is 3.36. The summed E-state index contributed by atoms with van der Waals surface area (Å²) in [7, 11) is 0. The van der Waals surface area contributed by atoms with Crippen LogP contribution in [0.2, 0.25) is 0 Å². The summed E-state index contributed by atoms with van der Waals surface area (Å²) in [6.07, 6.45) is 0.679. The van der Waals surface area contributed by atoms with Crippen molar-refractivity contribution in [3.63, 3.8) is 0 Å². The Morgan fingerprint density at radius 1 is 1.61 bits per heavy atom. The minimum atomic E-state index is -0.731. The van der Waals surface area contributed by atoms with E-state index in [9.17, 15) is 9.18 Å². The largest absolute Gasteiger partial charge is 0.481 e. The first-order valence-electron chi connectivity index (χ1n) is 5.90. The Bertz CT molecular complexity index is 466. The van der Waals surface area contributed by atoms with Gasteiger partial charge in [-0.25, -0.2) is 4.39 Å². The monoisotopic (exact) mass is 315 g/mol. The second kappa shape index (κ2) is 5.36. The number of hydrogen-bond acceptors (Lipinski definition) is 2. The summed E-state index contributed by atoms with van der Waals surface area (Å²) in [5.74, 6) is -1.31. The van der Waals surface area contributed by atoms with Gasteiger partial charge in [0.2, 0.25) is 0 Å². The van der Waals surface area contributed by atoms with Crippen LogP contribution >= 0.6 is 15.9 Å². The Balaban J connectivity index is 2.06. The number of halogens is 2. The van der Waals surface area contributed by atoms with Gasteiger partial charge in [0.15, 0.2) is 0 Å². The maximum absolute atomic E-state index is 13.1. The highest BCUT2D eigenvalue weighted by molar-refractivity contribution is 9.10. The molecular weight excluding hydrogens is 301 g/mol. The zero-order valence-electron chi connectivity index (χ0n) is 10.1. The zero-order chi connectivity index (χ0) is 13.3. The summed E-state index contributed by atoms with van der Waals surface area (Å²) in [5, 5.41) is 9.06. The molecule has 1 aliphatic rings. The lowest BCUT2D eigenvalue weighted by Crippen LogP contribution is -2.32. The molecule has 5 heteroatoms. The van der Waals surface area contributed by atoms with Crippen molar-refractivity contribution in [3.05, 3.63) is 34.1 Å². The number of benzene rings is 1. The van der Waals surface area contributed by atoms with Crippen LogP contribution in [0, 0.1) is 11.7 Å². The molecule has 1 fully saturated rings. The van der Waals surface area contributed by atoms with Crippen LogP contribution in [0.4, 0.5) is 4.39 Å². The van der Waals surface area contributed by atoms with Gasteiger partial charge in [-0.3, -0.25) is 9.69 Å². The van der Waals surface area contributed by atoms with E-state index in [-0.39, 0.29) is 17.8 Å².